The van der Waals surface area contributed by atoms with Crippen LogP contribution in [0.4, 0.5) is 5.69 Å². The van der Waals surface area contributed by atoms with E-state index >= 15 is 0 Å². The number of rotatable bonds is 0. The zero-order valence-electron chi connectivity index (χ0n) is 8.67. The molecule has 1 N–H and O–H groups in total. The molecule has 1 aromatic carbocycles. The molecular formula is C12H13NO2. The summed E-state index contributed by atoms with van der Waals surface area (Å²) in [6.45, 7) is 2.26. The maximum Gasteiger partial charge on any atom is 0.165 e. The van der Waals surface area contributed by atoms with Crippen molar-refractivity contribution in [2.75, 3.05) is 11.9 Å². The van der Waals surface area contributed by atoms with Gasteiger partial charge in [0.1, 0.15) is 0 Å². The fourth-order valence-corrected chi connectivity index (χ4v) is 1.80. The second-order valence-corrected chi connectivity index (χ2v) is 3.81. The third kappa shape index (κ3) is 1.91. The summed E-state index contributed by atoms with van der Waals surface area (Å²) < 4.78 is 0. The molecule has 1 heterocycles. The number of fused-ring (bicyclic) bond motifs is 1. The first-order valence-electron chi connectivity index (χ1n) is 5.07. The lowest BCUT2D eigenvalue weighted by molar-refractivity contribution is -0.117. The minimum Gasteiger partial charge on any atom is -0.377 e. The summed E-state index contributed by atoms with van der Waals surface area (Å²) in [4.78, 5) is 23.1. The van der Waals surface area contributed by atoms with Gasteiger partial charge in [0.15, 0.2) is 11.6 Å². The van der Waals surface area contributed by atoms with E-state index in [1.807, 2.05) is 25.1 Å². The van der Waals surface area contributed by atoms with E-state index < -0.39 is 0 Å². The summed E-state index contributed by atoms with van der Waals surface area (Å²) in [6, 6.07) is 5.62. The van der Waals surface area contributed by atoms with Crippen LogP contribution in [0.5, 0.6) is 0 Å². The number of nitrogens with one attached hydrogen (secondary N) is 1. The molecule has 1 aliphatic heterocycles. The zero-order chi connectivity index (χ0) is 10.8. The number of benzene rings is 1. The van der Waals surface area contributed by atoms with Crippen molar-refractivity contribution in [1.82, 2.24) is 0 Å². The van der Waals surface area contributed by atoms with Crippen LogP contribution in [-0.4, -0.2) is 18.1 Å². The molecule has 15 heavy (non-hydrogen) atoms. The Bertz CT molecular complexity index is 424. The normalized spacial score (nSPS) is 16.3. The second-order valence-electron chi connectivity index (χ2n) is 3.81. The maximum atomic E-state index is 11.8. The van der Waals surface area contributed by atoms with Crippen molar-refractivity contribution in [2.45, 2.75) is 19.8 Å². The molecule has 3 nitrogen and oxygen atoms in total. The van der Waals surface area contributed by atoms with Crippen molar-refractivity contribution in [3.8, 4) is 0 Å². The topological polar surface area (TPSA) is 46.2 Å². The Balaban J connectivity index is 2.46. The van der Waals surface area contributed by atoms with Crippen molar-refractivity contribution >= 4 is 17.3 Å². The summed E-state index contributed by atoms with van der Waals surface area (Å²) in [7, 11) is 0. The Labute approximate surface area is 88.5 Å². The monoisotopic (exact) mass is 203 g/mol. The Hall–Kier alpha value is -1.64. The smallest absolute Gasteiger partial charge is 0.165 e. The van der Waals surface area contributed by atoms with Gasteiger partial charge in [-0.2, -0.15) is 0 Å². The number of Topliss-reactive ketones (excluding diaryl/α,β-unsaturated/α-hetero) is 2. The average molecular weight is 203 g/mol. The van der Waals surface area contributed by atoms with Crippen LogP contribution in [0.25, 0.3) is 0 Å². The van der Waals surface area contributed by atoms with Gasteiger partial charge in [0.05, 0.1) is 6.54 Å². The minimum atomic E-state index is 0.0502. The largest absolute Gasteiger partial charge is 0.377 e. The van der Waals surface area contributed by atoms with Gasteiger partial charge in [-0.15, -0.1) is 0 Å². The lowest BCUT2D eigenvalue weighted by atomic mass is 9.98. The maximum absolute atomic E-state index is 11.8. The quantitative estimate of drug-likeness (QED) is 0.701. The van der Waals surface area contributed by atoms with Crippen LogP contribution >= 0.6 is 0 Å². The van der Waals surface area contributed by atoms with Gasteiger partial charge < -0.3 is 5.32 Å². The molecule has 0 amide bonds. The van der Waals surface area contributed by atoms with E-state index in [4.69, 9.17) is 0 Å². The van der Waals surface area contributed by atoms with Gasteiger partial charge in [0.2, 0.25) is 0 Å². The molecule has 3 heteroatoms. The number of para-hydroxylation sites is 1. The average Bonchev–Trinajstić information content (AvgIpc) is 2.22. The second kappa shape index (κ2) is 3.85. The number of carbonyl (C=O) groups excluding carboxylic acids is 2. The number of hydrogen-bond donors (Lipinski definition) is 1. The fraction of sp³-hybridized carbons (Fsp3) is 0.333. The van der Waals surface area contributed by atoms with Crippen LogP contribution in [0.15, 0.2) is 18.2 Å². The van der Waals surface area contributed by atoms with Crippen LogP contribution < -0.4 is 5.32 Å². The molecular weight excluding hydrogens is 190 g/mol. The minimum absolute atomic E-state index is 0.0502. The molecule has 0 radical (unpaired) electrons. The van der Waals surface area contributed by atoms with Gasteiger partial charge in [0.25, 0.3) is 0 Å². The number of anilines is 1. The van der Waals surface area contributed by atoms with Crippen LogP contribution in [0.3, 0.4) is 0 Å². The third-order valence-electron chi connectivity index (χ3n) is 2.67. The van der Waals surface area contributed by atoms with Crippen molar-refractivity contribution < 1.29 is 9.59 Å². The van der Waals surface area contributed by atoms with Gasteiger partial charge in [-0.1, -0.05) is 12.1 Å². The highest BCUT2D eigenvalue weighted by atomic mass is 16.1. The van der Waals surface area contributed by atoms with Crippen molar-refractivity contribution in [2.24, 2.45) is 0 Å². The molecule has 0 unspecified atom stereocenters. The number of hydrogen-bond acceptors (Lipinski definition) is 3. The van der Waals surface area contributed by atoms with E-state index in [1.54, 1.807) is 0 Å². The Morgan fingerprint density at radius 1 is 1.20 bits per heavy atom. The van der Waals surface area contributed by atoms with Crippen molar-refractivity contribution in [1.29, 1.82) is 0 Å². The molecule has 0 spiro atoms. The lowest BCUT2D eigenvalue weighted by Crippen LogP contribution is -2.20. The molecule has 1 aromatic rings. The van der Waals surface area contributed by atoms with Crippen molar-refractivity contribution in [3.05, 3.63) is 29.3 Å². The first-order valence-corrected chi connectivity index (χ1v) is 5.07. The molecule has 0 saturated carbocycles. The summed E-state index contributed by atoms with van der Waals surface area (Å²) in [5.41, 5.74) is 2.54. The van der Waals surface area contributed by atoms with E-state index in [2.05, 4.69) is 5.32 Å². The molecule has 2 rings (SSSR count). The Morgan fingerprint density at radius 3 is 2.80 bits per heavy atom. The summed E-state index contributed by atoms with van der Waals surface area (Å²) in [5.74, 6) is 0.145. The zero-order valence-corrected chi connectivity index (χ0v) is 8.67. The molecule has 0 saturated heterocycles. The van der Waals surface area contributed by atoms with Gasteiger partial charge in [-0.05, 0) is 18.6 Å². The fourth-order valence-electron chi connectivity index (χ4n) is 1.80. The first-order chi connectivity index (χ1) is 7.18. The predicted octanol–water partition coefficient (Wildman–Crippen LogP) is 1.95. The van der Waals surface area contributed by atoms with E-state index in [0.29, 0.717) is 24.9 Å². The highest BCUT2D eigenvalue weighted by molar-refractivity contribution is 6.05. The van der Waals surface area contributed by atoms with Crippen LogP contribution in [0.1, 0.15) is 28.8 Å². The molecule has 1 aliphatic rings. The van der Waals surface area contributed by atoms with Gasteiger partial charge >= 0.3 is 0 Å². The molecule has 0 aromatic heterocycles. The van der Waals surface area contributed by atoms with Crippen molar-refractivity contribution in [3.63, 3.8) is 0 Å². The van der Waals surface area contributed by atoms with Crippen LogP contribution in [0.2, 0.25) is 0 Å². The molecule has 0 aliphatic carbocycles. The Morgan fingerprint density at radius 2 is 2.00 bits per heavy atom. The highest BCUT2D eigenvalue weighted by Crippen LogP contribution is 2.23. The Kier molecular flexibility index (Phi) is 2.54. The first kappa shape index (κ1) is 9.90. The van der Waals surface area contributed by atoms with Crippen LogP contribution in [0, 0.1) is 6.92 Å². The third-order valence-corrected chi connectivity index (χ3v) is 2.67. The van der Waals surface area contributed by atoms with E-state index in [1.165, 1.54) is 0 Å². The van der Waals surface area contributed by atoms with E-state index in [0.717, 1.165) is 11.3 Å². The van der Waals surface area contributed by atoms with Gasteiger partial charge in [0, 0.05) is 24.1 Å². The summed E-state index contributed by atoms with van der Waals surface area (Å²) in [6.07, 6.45) is 0.677. The predicted molar refractivity (Wildman–Crippen MR) is 58.2 cm³/mol. The highest BCUT2D eigenvalue weighted by Gasteiger charge is 2.18. The molecule has 0 atom stereocenters. The van der Waals surface area contributed by atoms with E-state index in [-0.39, 0.29) is 11.6 Å². The molecule has 78 valence electrons. The summed E-state index contributed by atoms with van der Waals surface area (Å²) in [5, 5.41) is 3.04. The van der Waals surface area contributed by atoms with E-state index in [9.17, 15) is 9.59 Å². The summed E-state index contributed by atoms with van der Waals surface area (Å²) >= 11 is 0. The number of ketones is 2. The number of carbonyl (C=O) groups is 2. The SMILES string of the molecule is Cc1cccc2c1NCC(=O)CCC2=O. The standard InChI is InChI=1S/C12H13NO2/c1-8-3-2-4-10-11(15)6-5-9(14)7-13-12(8)10/h2-4,13H,5-7H2,1H3. The van der Waals surface area contributed by atoms with Gasteiger partial charge in [-0.25, -0.2) is 0 Å². The lowest BCUT2D eigenvalue weighted by Gasteiger charge is -2.16. The molecule has 0 bridgehead atoms. The van der Waals surface area contributed by atoms with Crippen LogP contribution in [-0.2, 0) is 4.79 Å². The van der Waals surface area contributed by atoms with Gasteiger partial charge in [-0.3, -0.25) is 9.59 Å². The molecule has 0 fully saturated rings. The number of aryl methyl sites for hydroxylation is 1.